The molecule has 0 radical (unpaired) electrons. The molecule has 0 saturated heterocycles. The fourth-order valence-corrected chi connectivity index (χ4v) is 3.86. The van der Waals surface area contributed by atoms with E-state index in [1.807, 2.05) is 13.0 Å². The summed E-state index contributed by atoms with van der Waals surface area (Å²) in [4.78, 5) is 0. The van der Waals surface area contributed by atoms with E-state index in [1.54, 1.807) is 18.6 Å². The number of aryl methyl sites for hydroxylation is 4. The molecule has 33 heavy (non-hydrogen) atoms. The Morgan fingerprint density at radius 1 is 0.606 bits per heavy atom. The van der Waals surface area contributed by atoms with Crippen LogP contribution in [0.15, 0.2) is 54.1 Å². The molecule has 0 aliphatic heterocycles. The first-order chi connectivity index (χ1) is 15.6. The first-order valence-electron chi connectivity index (χ1n) is 13.0. The van der Waals surface area contributed by atoms with E-state index in [-0.39, 0.29) is 5.82 Å². The molecule has 2 aromatic rings. The van der Waals surface area contributed by atoms with Crippen molar-refractivity contribution in [2.75, 3.05) is 0 Å². The highest BCUT2D eigenvalue weighted by molar-refractivity contribution is 5.21. The Labute approximate surface area is 204 Å². The summed E-state index contributed by atoms with van der Waals surface area (Å²) >= 11 is 0. The first kappa shape index (κ1) is 29.1. The van der Waals surface area contributed by atoms with Crippen LogP contribution in [0.2, 0.25) is 0 Å². The highest BCUT2D eigenvalue weighted by atomic mass is 19.1. The lowest BCUT2D eigenvalue weighted by molar-refractivity contribution is 0.308. The quantitative estimate of drug-likeness (QED) is 0.349. The maximum Gasteiger partial charge on any atom is 0.126 e. The van der Waals surface area contributed by atoms with Crippen LogP contribution in [-0.2, 0) is 0 Å². The van der Waals surface area contributed by atoms with Gasteiger partial charge in [0.2, 0.25) is 0 Å². The standard InChI is InChI=1S/C8H9F.C8H16.C8H14.C8H10/c1-6-3-4-7(2)8(9)5-6;3*1-7-3-5-8(2)6-4-7/h3-5H,1-2H3;7-8H,3-6H2,1-2H3;3,8H,4-6H2,1-2H3;3-6H,1-2H3. The second kappa shape index (κ2) is 15.9. The molecule has 1 heteroatoms. The number of rotatable bonds is 0. The average molecular weight is 453 g/mol. The number of hydrogen-bond acceptors (Lipinski definition) is 0. The van der Waals surface area contributed by atoms with Crippen molar-refractivity contribution in [3.05, 3.63) is 82.2 Å². The van der Waals surface area contributed by atoms with Gasteiger partial charge in [0, 0.05) is 0 Å². The van der Waals surface area contributed by atoms with Gasteiger partial charge in [0.05, 0.1) is 0 Å². The van der Waals surface area contributed by atoms with Crippen LogP contribution in [0.5, 0.6) is 0 Å². The van der Waals surface area contributed by atoms with Crippen LogP contribution in [0.3, 0.4) is 0 Å². The second-order valence-electron chi connectivity index (χ2n) is 10.7. The van der Waals surface area contributed by atoms with E-state index >= 15 is 0 Å². The smallest absolute Gasteiger partial charge is 0.126 e. The summed E-state index contributed by atoms with van der Waals surface area (Å²) in [5.74, 6) is 2.87. The highest BCUT2D eigenvalue weighted by Crippen LogP contribution is 2.27. The van der Waals surface area contributed by atoms with Gasteiger partial charge < -0.3 is 0 Å². The second-order valence-corrected chi connectivity index (χ2v) is 10.7. The molecule has 1 fully saturated rings. The molecule has 1 unspecified atom stereocenters. The van der Waals surface area contributed by atoms with Gasteiger partial charge in [0.1, 0.15) is 5.82 Å². The molecule has 2 aromatic carbocycles. The molecule has 0 nitrogen and oxygen atoms in total. The average Bonchev–Trinajstić information content (AvgIpc) is 2.79. The number of halogens is 1. The summed E-state index contributed by atoms with van der Waals surface area (Å²) in [6, 6.07) is 13.7. The Balaban J connectivity index is 0.000000220. The molecular formula is C32H49F. The molecule has 0 aromatic heterocycles. The van der Waals surface area contributed by atoms with Crippen molar-refractivity contribution in [2.45, 2.75) is 100 Å². The first-order valence-corrected chi connectivity index (χ1v) is 13.0. The van der Waals surface area contributed by atoms with E-state index in [2.05, 4.69) is 71.9 Å². The van der Waals surface area contributed by atoms with Gasteiger partial charge >= 0.3 is 0 Å². The van der Waals surface area contributed by atoms with Gasteiger partial charge in [-0.3, -0.25) is 0 Å². The maximum atomic E-state index is 12.6. The highest BCUT2D eigenvalue weighted by Gasteiger charge is 2.13. The van der Waals surface area contributed by atoms with Crippen molar-refractivity contribution in [3.8, 4) is 0 Å². The Hall–Kier alpha value is -1.89. The number of allylic oxidation sites excluding steroid dienone is 2. The summed E-state index contributed by atoms with van der Waals surface area (Å²) in [6.07, 6.45) is 12.3. The molecular weight excluding hydrogens is 403 g/mol. The molecule has 0 N–H and O–H groups in total. The number of hydrogen-bond donors (Lipinski definition) is 0. The summed E-state index contributed by atoms with van der Waals surface area (Å²) in [5.41, 5.74) is 5.92. The predicted molar refractivity (Wildman–Crippen MR) is 145 cm³/mol. The van der Waals surface area contributed by atoms with Crippen LogP contribution in [-0.4, -0.2) is 0 Å². The molecule has 184 valence electrons. The van der Waals surface area contributed by atoms with E-state index in [0.717, 1.165) is 23.3 Å². The van der Waals surface area contributed by atoms with Gasteiger partial charge in [0.15, 0.2) is 0 Å². The summed E-state index contributed by atoms with van der Waals surface area (Å²) in [7, 11) is 0. The van der Waals surface area contributed by atoms with Gasteiger partial charge in [-0.15, -0.1) is 0 Å². The van der Waals surface area contributed by atoms with E-state index < -0.39 is 0 Å². The SMILES string of the molecule is CC1=CCC(C)CC1.CC1CCC(C)CC1.Cc1ccc(C)c(F)c1.Cc1ccc(C)cc1. The Kier molecular flexibility index (Phi) is 14.0. The van der Waals surface area contributed by atoms with Gasteiger partial charge in [-0.1, -0.05) is 106 Å². The third-order valence-electron chi connectivity index (χ3n) is 6.75. The topological polar surface area (TPSA) is 0 Å². The van der Waals surface area contributed by atoms with E-state index in [1.165, 1.54) is 62.1 Å². The van der Waals surface area contributed by atoms with Crippen LogP contribution in [0.25, 0.3) is 0 Å². The summed E-state index contributed by atoms with van der Waals surface area (Å²) in [6.45, 7) is 17.1. The minimum atomic E-state index is -0.116. The van der Waals surface area contributed by atoms with Gasteiger partial charge in [-0.25, -0.2) is 4.39 Å². The van der Waals surface area contributed by atoms with Crippen LogP contribution in [0.4, 0.5) is 4.39 Å². The van der Waals surface area contributed by atoms with Crippen LogP contribution in [0.1, 0.15) is 94.9 Å². The van der Waals surface area contributed by atoms with Crippen LogP contribution in [0, 0.1) is 51.3 Å². The predicted octanol–water partition coefficient (Wildman–Crippen LogP) is 10.3. The lowest BCUT2D eigenvalue weighted by atomic mass is 9.84. The zero-order chi connectivity index (χ0) is 24.8. The van der Waals surface area contributed by atoms with Crippen molar-refractivity contribution in [2.24, 2.45) is 17.8 Å². The Morgan fingerprint density at radius 2 is 1.06 bits per heavy atom. The van der Waals surface area contributed by atoms with E-state index in [9.17, 15) is 4.39 Å². The summed E-state index contributed by atoms with van der Waals surface area (Å²) < 4.78 is 12.6. The molecule has 1 atom stereocenters. The van der Waals surface area contributed by atoms with Gasteiger partial charge in [-0.05, 0) is 88.8 Å². The Morgan fingerprint density at radius 3 is 1.39 bits per heavy atom. The Bertz CT molecular complexity index is 776. The van der Waals surface area contributed by atoms with Gasteiger partial charge in [-0.2, -0.15) is 0 Å². The molecule has 0 amide bonds. The fourth-order valence-electron chi connectivity index (χ4n) is 3.86. The van der Waals surface area contributed by atoms with Gasteiger partial charge in [0.25, 0.3) is 0 Å². The van der Waals surface area contributed by atoms with Crippen molar-refractivity contribution in [1.29, 1.82) is 0 Å². The summed E-state index contributed by atoms with van der Waals surface area (Å²) in [5, 5.41) is 0. The molecule has 0 spiro atoms. The largest absolute Gasteiger partial charge is 0.207 e. The zero-order valence-corrected chi connectivity index (χ0v) is 22.7. The molecule has 2 aliphatic rings. The van der Waals surface area contributed by atoms with Crippen molar-refractivity contribution >= 4 is 0 Å². The van der Waals surface area contributed by atoms with Crippen molar-refractivity contribution in [1.82, 2.24) is 0 Å². The molecule has 0 heterocycles. The number of benzene rings is 2. The molecule has 4 rings (SSSR count). The lowest BCUT2D eigenvalue weighted by Gasteiger charge is -2.22. The molecule has 1 saturated carbocycles. The normalized spacial score (nSPS) is 21.7. The fraction of sp³-hybridized carbons (Fsp3) is 0.562. The molecule has 0 bridgehead atoms. The van der Waals surface area contributed by atoms with Crippen LogP contribution >= 0.6 is 0 Å². The minimum Gasteiger partial charge on any atom is -0.207 e. The van der Waals surface area contributed by atoms with Crippen molar-refractivity contribution in [3.63, 3.8) is 0 Å². The monoisotopic (exact) mass is 452 g/mol. The van der Waals surface area contributed by atoms with Crippen LogP contribution < -0.4 is 0 Å². The third kappa shape index (κ3) is 14.1. The maximum absolute atomic E-state index is 12.6. The third-order valence-corrected chi connectivity index (χ3v) is 6.75. The van der Waals surface area contributed by atoms with E-state index in [4.69, 9.17) is 0 Å². The van der Waals surface area contributed by atoms with Crippen molar-refractivity contribution < 1.29 is 4.39 Å². The lowest BCUT2D eigenvalue weighted by Crippen LogP contribution is -2.08. The zero-order valence-electron chi connectivity index (χ0n) is 22.7. The van der Waals surface area contributed by atoms with E-state index in [0.29, 0.717) is 5.56 Å². The molecule has 2 aliphatic carbocycles. The minimum absolute atomic E-state index is 0.116.